The Kier molecular flexibility index (Phi) is 6.40. The molecule has 3 aromatic rings. The van der Waals surface area contributed by atoms with E-state index in [9.17, 15) is 0 Å². The van der Waals surface area contributed by atoms with E-state index in [2.05, 4.69) is 40.2 Å². The lowest BCUT2D eigenvalue weighted by Crippen LogP contribution is -2.36. The average Bonchev–Trinajstić information content (AvgIpc) is 2.77. The minimum Gasteiger partial charge on any atom is -0.378 e. The lowest BCUT2D eigenvalue weighted by Gasteiger charge is -2.28. The zero-order chi connectivity index (χ0) is 19.9. The number of hydrogen-bond acceptors (Lipinski definition) is 6. The van der Waals surface area contributed by atoms with E-state index in [1.165, 1.54) is 11.3 Å². The van der Waals surface area contributed by atoms with Crippen molar-refractivity contribution in [3.63, 3.8) is 0 Å². The van der Waals surface area contributed by atoms with Crippen LogP contribution in [0.25, 0.3) is 0 Å². The molecule has 0 radical (unpaired) electrons. The molecule has 1 saturated heterocycles. The zero-order valence-corrected chi connectivity index (χ0v) is 16.9. The summed E-state index contributed by atoms with van der Waals surface area (Å²) in [7, 11) is 0. The van der Waals surface area contributed by atoms with Crippen molar-refractivity contribution in [1.82, 2.24) is 9.97 Å². The number of anilines is 1. The minimum atomic E-state index is 0.437. The summed E-state index contributed by atoms with van der Waals surface area (Å²) in [6, 6.07) is 20.8. The van der Waals surface area contributed by atoms with Gasteiger partial charge in [0.15, 0.2) is 0 Å². The molecular weight excluding hydrogens is 380 g/mol. The number of nitriles is 1. The van der Waals surface area contributed by atoms with Crippen LogP contribution in [-0.2, 0) is 17.6 Å². The number of rotatable bonds is 6. The molecule has 0 saturated carbocycles. The van der Waals surface area contributed by atoms with Gasteiger partial charge in [-0.3, -0.25) is 0 Å². The fraction of sp³-hybridized carbons (Fsp3) is 0.261. The number of morpholine rings is 1. The van der Waals surface area contributed by atoms with Gasteiger partial charge >= 0.3 is 0 Å². The molecule has 5 nitrogen and oxygen atoms in total. The normalized spacial score (nSPS) is 13.8. The van der Waals surface area contributed by atoms with E-state index >= 15 is 0 Å². The molecule has 0 N–H and O–H groups in total. The summed E-state index contributed by atoms with van der Waals surface area (Å²) in [5.41, 5.74) is 3.47. The number of aromatic nitrogens is 2. The highest BCUT2D eigenvalue weighted by Gasteiger charge is 2.11. The molecule has 0 spiro atoms. The highest BCUT2D eigenvalue weighted by molar-refractivity contribution is 7.99. The van der Waals surface area contributed by atoms with Crippen LogP contribution in [0, 0.1) is 11.3 Å². The Hall–Kier alpha value is -2.88. The molecule has 2 heterocycles. The van der Waals surface area contributed by atoms with Gasteiger partial charge in [-0.1, -0.05) is 36.0 Å². The van der Waals surface area contributed by atoms with E-state index in [-0.39, 0.29) is 0 Å². The Labute approximate surface area is 175 Å². The van der Waals surface area contributed by atoms with Gasteiger partial charge in [0.2, 0.25) is 0 Å². The molecular formula is C23H22N4OS. The number of nitrogens with zero attached hydrogens (tertiary/aromatic N) is 4. The van der Waals surface area contributed by atoms with E-state index in [1.54, 1.807) is 11.8 Å². The second-order valence-corrected chi connectivity index (χ2v) is 7.93. The molecule has 29 heavy (non-hydrogen) atoms. The Morgan fingerprint density at radius 3 is 2.41 bits per heavy atom. The first kappa shape index (κ1) is 19.4. The van der Waals surface area contributed by atoms with Crippen LogP contribution in [0.15, 0.2) is 70.7 Å². The Morgan fingerprint density at radius 2 is 1.69 bits per heavy atom. The van der Waals surface area contributed by atoms with Crippen molar-refractivity contribution in [2.75, 3.05) is 31.2 Å². The van der Waals surface area contributed by atoms with Gasteiger partial charge in [0, 0.05) is 36.3 Å². The van der Waals surface area contributed by atoms with Gasteiger partial charge in [-0.05, 0) is 41.5 Å². The van der Waals surface area contributed by atoms with Crippen LogP contribution in [0.1, 0.15) is 17.0 Å². The topological polar surface area (TPSA) is 62.0 Å². The maximum Gasteiger partial charge on any atom is 0.133 e. The summed E-state index contributed by atoms with van der Waals surface area (Å²) in [5, 5.41) is 9.70. The molecule has 0 unspecified atom stereocenters. The third-order valence-electron chi connectivity index (χ3n) is 4.78. The Bertz CT molecular complexity index is 977. The summed E-state index contributed by atoms with van der Waals surface area (Å²) >= 11 is 1.61. The first-order valence-corrected chi connectivity index (χ1v) is 10.5. The van der Waals surface area contributed by atoms with Gasteiger partial charge < -0.3 is 9.64 Å². The first-order chi connectivity index (χ1) is 14.3. The Balaban J connectivity index is 1.40. The van der Waals surface area contributed by atoms with Gasteiger partial charge in [0.05, 0.1) is 25.7 Å². The smallest absolute Gasteiger partial charge is 0.133 e. The fourth-order valence-electron chi connectivity index (χ4n) is 3.24. The molecule has 4 rings (SSSR count). The van der Waals surface area contributed by atoms with Crippen LogP contribution in [0.3, 0.4) is 0 Å². The molecule has 2 aromatic carbocycles. The van der Waals surface area contributed by atoms with Gasteiger partial charge in [-0.15, -0.1) is 0 Å². The maximum absolute atomic E-state index is 8.78. The molecule has 1 aromatic heterocycles. The van der Waals surface area contributed by atoms with Crippen molar-refractivity contribution in [3.05, 3.63) is 77.7 Å². The van der Waals surface area contributed by atoms with E-state index in [4.69, 9.17) is 15.0 Å². The van der Waals surface area contributed by atoms with E-state index < -0.39 is 0 Å². The highest BCUT2D eigenvalue weighted by atomic mass is 32.2. The summed E-state index contributed by atoms with van der Waals surface area (Å²) in [5.74, 6) is 0.815. The minimum absolute atomic E-state index is 0.437. The maximum atomic E-state index is 8.78. The summed E-state index contributed by atoms with van der Waals surface area (Å²) in [4.78, 5) is 12.6. The molecule has 1 fully saturated rings. The first-order valence-electron chi connectivity index (χ1n) is 9.67. The van der Waals surface area contributed by atoms with Crippen LogP contribution in [0.5, 0.6) is 0 Å². The van der Waals surface area contributed by atoms with Crippen LogP contribution < -0.4 is 4.90 Å². The second-order valence-electron chi connectivity index (χ2n) is 6.83. The molecule has 1 aliphatic rings. The van der Waals surface area contributed by atoms with Crippen LogP contribution in [-0.4, -0.2) is 36.3 Å². The van der Waals surface area contributed by atoms with Crippen molar-refractivity contribution in [2.24, 2.45) is 0 Å². The van der Waals surface area contributed by atoms with Crippen molar-refractivity contribution in [1.29, 1.82) is 5.26 Å². The van der Waals surface area contributed by atoms with Gasteiger partial charge in [0.1, 0.15) is 10.9 Å². The van der Waals surface area contributed by atoms with Crippen molar-refractivity contribution in [3.8, 4) is 6.07 Å². The van der Waals surface area contributed by atoms with Crippen LogP contribution in [0.4, 0.5) is 5.69 Å². The number of ether oxygens (including phenoxy) is 1. The summed E-state index contributed by atoms with van der Waals surface area (Å²) in [6.07, 6.45) is 2.96. The predicted molar refractivity (Wildman–Crippen MR) is 114 cm³/mol. The Morgan fingerprint density at radius 1 is 0.966 bits per heavy atom. The van der Waals surface area contributed by atoms with Gasteiger partial charge in [-0.25, -0.2) is 9.97 Å². The molecule has 1 aliphatic heterocycles. The summed E-state index contributed by atoms with van der Waals surface area (Å²) in [6.45, 7) is 3.47. The van der Waals surface area contributed by atoms with E-state index in [0.717, 1.165) is 47.6 Å². The van der Waals surface area contributed by atoms with Gasteiger partial charge in [0.25, 0.3) is 0 Å². The van der Waals surface area contributed by atoms with Gasteiger partial charge in [-0.2, -0.15) is 5.26 Å². The molecule has 0 bridgehead atoms. The molecule has 0 aliphatic carbocycles. The third-order valence-corrected chi connectivity index (χ3v) is 5.73. The standard InChI is InChI=1S/C23H22N4OS/c24-11-9-18-3-7-21(8-4-18)29-23-10-12-25-22(26-23)17-19-1-5-20(6-2-19)27-13-15-28-16-14-27/h1-8,10,12H,9,13-17H2. The van der Waals surface area contributed by atoms with Crippen molar-refractivity contribution >= 4 is 17.4 Å². The molecule has 6 heteroatoms. The average molecular weight is 403 g/mol. The SMILES string of the molecule is N#CCc1ccc(Sc2ccnc(Cc3ccc(N4CCOCC4)cc3)n2)cc1. The van der Waals surface area contributed by atoms with E-state index in [0.29, 0.717) is 12.8 Å². The van der Waals surface area contributed by atoms with Crippen molar-refractivity contribution in [2.45, 2.75) is 22.8 Å². The number of hydrogen-bond donors (Lipinski definition) is 0. The second kappa shape index (κ2) is 9.55. The highest BCUT2D eigenvalue weighted by Crippen LogP contribution is 2.26. The quantitative estimate of drug-likeness (QED) is 0.578. The third kappa shape index (κ3) is 5.35. The number of benzene rings is 2. The predicted octanol–water partition coefficient (Wildman–Crippen LogP) is 4.12. The zero-order valence-electron chi connectivity index (χ0n) is 16.1. The largest absolute Gasteiger partial charge is 0.378 e. The lowest BCUT2D eigenvalue weighted by molar-refractivity contribution is 0.122. The molecule has 0 amide bonds. The van der Waals surface area contributed by atoms with Crippen LogP contribution in [0.2, 0.25) is 0 Å². The molecule has 146 valence electrons. The molecule has 0 atom stereocenters. The fourth-order valence-corrected chi connectivity index (χ4v) is 4.03. The van der Waals surface area contributed by atoms with E-state index in [1.807, 2.05) is 36.5 Å². The van der Waals surface area contributed by atoms with Crippen molar-refractivity contribution < 1.29 is 4.74 Å². The monoisotopic (exact) mass is 402 g/mol. The lowest BCUT2D eigenvalue weighted by atomic mass is 10.1. The van der Waals surface area contributed by atoms with Crippen LogP contribution >= 0.6 is 11.8 Å². The summed E-state index contributed by atoms with van der Waals surface area (Å²) < 4.78 is 5.42.